The van der Waals surface area contributed by atoms with Crippen molar-refractivity contribution in [3.63, 3.8) is 0 Å². The number of nitrogens with zero attached hydrogens (tertiary/aromatic N) is 5. The molecule has 1 aliphatic carbocycles. The minimum atomic E-state index is -3.67. The highest BCUT2D eigenvalue weighted by Crippen LogP contribution is 2.47. The maximum atomic E-state index is 14.5. The lowest BCUT2D eigenvalue weighted by molar-refractivity contribution is -0.0493. The molecule has 45 heavy (non-hydrogen) atoms. The molecule has 14 heteroatoms. The molecule has 1 aliphatic rings. The average Bonchev–Trinajstić information content (AvgIpc) is 3.52. The fourth-order valence-electron chi connectivity index (χ4n) is 6.51. The zero-order valence-electron chi connectivity index (χ0n) is 25.2. The Bertz CT molecular complexity index is 1990. The minimum absolute atomic E-state index is 0.0713. The Kier molecular flexibility index (Phi) is 7.67. The second-order valence-corrected chi connectivity index (χ2v) is 13.9. The van der Waals surface area contributed by atoms with Crippen molar-refractivity contribution in [2.24, 2.45) is 30.2 Å². The Labute approximate surface area is 259 Å². The van der Waals surface area contributed by atoms with E-state index in [0.717, 1.165) is 11.8 Å². The predicted octanol–water partition coefficient (Wildman–Crippen LogP) is 4.19. The van der Waals surface area contributed by atoms with Gasteiger partial charge in [-0.3, -0.25) is 22.2 Å². The molecule has 0 saturated heterocycles. The van der Waals surface area contributed by atoms with Crippen LogP contribution >= 0.6 is 0 Å². The van der Waals surface area contributed by atoms with E-state index >= 15 is 0 Å². The summed E-state index contributed by atoms with van der Waals surface area (Å²) in [5.74, 6) is -4.36. The normalized spacial score (nSPS) is 16.8. The highest BCUT2D eigenvalue weighted by atomic mass is 32.2. The van der Waals surface area contributed by atoms with Crippen LogP contribution in [0.3, 0.4) is 0 Å². The second-order valence-electron chi connectivity index (χ2n) is 11.9. The predicted molar refractivity (Wildman–Crippen MR) is 167 cm³/mol. The van der Waals surface area contributed by atoms with Crippen LogP contribution in [0.1, 0.15) is 49.9 Å². The maximum absolute atomic E-state index is 14.5. The first-order valence-electron chi connectivity index (χ1n) is 14.7. The molecule has 1 saturated carbocycles. The Morgan fingerprint density at radius 2 is 1.78 bits per heavy atom. The summed E-state index contributed by atoms with van der Waals surface area (Å²) in [4.78, 5) is 4.94. The number of sulfone groups is 1. The fourth-order valence-corrected chi connectivity index (χ4v) is 7.16. The number of halogens is 2. The molecule has 11 nitrogen and oxygen atoms in total. The van der Waals surface area contributed by atoms with Gasteiger partial charge in [-0.2, -0.15) is 0 Å². The first kappa shape index (κ1) is 31.0. The number of nitrogens with two attached hydrogens (primary N) is 3. The van der Waals surface area contributed by atoms with Gasteiger partial charge in [0.05, 0.1) is 45.2 Å². The summed E-state index contributed by atoms with van der Waals surface area (Å²) in [6, 6.07) is 14.2. The van der Waals surface area contributed by atoms with E-state index in [-0.39, 0.29) is 48.8 Å². The summed E-state index contributed by atoms with van der Waals surface area (Å²) in [5, 5.41) is 8.80. The number of benzene rings is 2. The van der Waals surface area contributed by atoms with Crippen LogP contribution in [0.25, 0.3) is 33.2 Å². The number of hydrogen-bond donors (Lipinski definition) is 3. The first-order valence-corrected chi connectivity index (χ1v) is 16.6. The summed E-state index contributed by atoms with van der Waals surface area (Å²) in [7, 11) is -1.99. The third-order valence-electron chi connectivity index (χ3n) is 8.54. The molecule has 0 radical (unpaired) electrons. The third kappa shape index (κ3) is 5.67. The van der Waals surface area contributed by atoms with Gasteiger partial charge in [0.25, 0.3) is 0 Å². The van der Waals surface area contributed by atoms with Crippen LogP contribution in [-0.4, -0.2) is 51.7 Å². The van der Waals surface area contributed by atoms with Crippen molar-refractivity contribution < 1.29 is 21.9 Å². The lowest BCUT2D eigenvalue weighted by Crippen LogP contribution is -2.55. The van der Waals surface area contributed by atoms with Crippen molar-refractivity contribution in [1.82, 2.24) is 24.5 Å². The highest BCUT2D eigenvalue weighted by Gasteiger charge is 2.40. The van der Waals surface area contributed by atoms with Gasteiger partial charge in [-0.1, -0.05) is 35.5 Å². The molecular weight excluding hydrogens is 602 g/mol. The molecule has 1 fully saturated rings. The van der Waals surface area contributed by atoms with Crippen molar-refractivity contribution in [2.45, 2.75) is 55.3 Å². The standard InChI is InChI=1S/C31H36F2N8O3S/c1-4-44-24-16-21(45(3,42)43)15-22-25(24)26-23(14-20(17-37-26)28-29(31(34,35)36)38-39-40(28)2)41(22)27(18-8-6-5-7-9-18)19-10-12-30(32,33)13-11-19/h5-9,14-17,19,27H,4,10-13,34-36H2,1-3H3. The van der Waals surface area contributed by atoms with E-state index in [9.17, 15) is 17.2 Å². The van der Waals surface area contributed by atoms with E-state index in [2.05, 4.69) is 10.3 Å². The summed E-state index contributed by atoms with van der Waals surface area (Å²) in [6.07, 6.45) is 2.83. The van der Waals surface area contributed by atoms with E-state index in [0.29, 0.717) is 38.9 Å². The second kappa shape index (κ2) is 11.1. The van der Waals surface area contributed by atoms with Crippen molar-refractivity contribution >= 4 is 31.8 Å². The lowest BCUT2D eigenvalue weighted by atomic mass is 9.79. The maximum Gasteiger partial charge on any atom is 0.248 e. The molecule has 0 aliphatic heterocycles. The first-order chi connectivity index (χ1) is 21.2. The van der Waals surface area contributed by atoms with E-state index in [1.165, 1.54) is 10.7 Å². The SMILES string of the molecule is CCOc1cc(S(C)(=O)=O)cc2c1c1ncc(-c3c(C(N)(N)N)nnn3C)cc1n2C(c1ccccc1)C1CCC(F)(F)CC1. The topological polar surface area (TPSA) is 170 Å². The molecule has 6 N–H and O–H groups in total. The molecule has 0 amide bonds. The van der Waals surface area contributed by atoms with Gasteiger partial charge >= 0.3 is 0 Å². The van der Waals surface area contributed by atoms with Crippen LogP contribution in [0.15, 0.2) is 59.6 Å². The molecule has 5 aromatic rings. The molecule has 0 spiro atoms. The number of ether oxygens (including phenoxy) is 1. The number of fused-ring (bicyclic) bond motifs is 3. The highest BCUT2D eigenvalue weighted by molar-refractivity contribution is 7.90. The Morgan fingerprint density at radius 3 is 2.40 bits per heavy atom. The number of pyridine rings is 1. The minimum Gasteiger partial charge on any atom is -0.493 e. The molecule has 238 valence electrons. The fraction of sp³-hybridized carbons (Fsp3) is 0.387. The monoisotopic (exact) mass is 638 g/mol. The number of aryl methyl sites for hydroxylation is 1. The van der Waals surface area contributed by atoms with Gasteiger partial charge < -0.3 is 9.30 Å². The molecule has 2 aromatic carbocycles. The molecule has 3 heterocycles. The molecule has 6 rings (SSSR count). The van der Waals surface area contributed by atoms with Gasteiger partial charge in [0, 0.05) is 37.9 Å². The van der Waals surface area contributed by atoms with Gasteiger partial charge in [-0.25, -0.2) is 21.9 Å². The smallest absolute Gasteiger partial charge is 0.248 e. The summed E-state index contributed by atoms with van der Waals surface area (Å²) in [6.45, 7) is 2.09. The zero-order chi connectivity index (χ0) is 32.3. The number of rotatable bonds is 8. The molecule has 0 bridgehead atoms. The van der Waals surface area contributed by atoms with E-state index < -0.39 is 27.6 Å². The van der Waals surface area contributed by atoms with Gasteiger partial charge in [-0.15, -0.1) is 5.10 Å². The quantitative estimate of drug-likeness (QED) is 0.211. The van der Waals surface area contributed by atoms with Crippen LogP contribution < -0.4 is 21.9 Å². The van der Waals surface area contributed by atoms with Crippen molar-refractivity contribution in [1.29, 1.82) is 0 Å². The Morgan fingerprint density at radius 1 is 1.09 bits per heavy atom. The van der Waals surface area contributed by atoms with Crippen molar-refractivity contribution in [2.75, 3.05) is 12.9 Å². The van der Waals surface area contributed by atoms with E-state index in [1.807, 2.05) is 47.9 Å². The van der Waals surface area contributed by atoms with Crippen molar-refractivity contribution in [3.05, 3.63) is 66.0 Å². The van der Waals surface area contributed by atoms with Gasteiger partial charge in [-0.05, 0) is 49.4 Å². The van der Waals surface area contributed by atoms with Crippen LogP contribution in [0.2, 0.25) is 0 Å². The summed E-state index contributed by atoms with van der Waals surface area (Å²) in [5.41, 5.74) is 21.9. The van der Waals surface area contributed by atoms with Crippen LogP contribution in [-0.2, 0) is 22.7 Å². The lowest BCUT2D eigenvalue weighted by Gasteiger charge is -2.35. The largest absolute Gasteiger partial charge is 0.493 e. The molecule has 1 atom stereocenters. The number of aromatic nitrogens is 5. The summed E-state index contributed by atoms with van der Waals surface area (Å²) < 4.78 is 64.3. The average molecular weight is 639 g/mol. The van der Waals surface area contributed by atoms with E-state index in [4.69, 9.17) is 26.9 Å². The Balaban J connectivity index is 1.73. The van der Waals surface area contributed by atoms with Gasteiger partial charge in [0.2, 0.25) is 5.92 Å². The van der Waals surface area contributed by atoms with E-state index in [1.54, 1.807) is 19.3 Å². The third-order valence-corrected chi connectivity index (χ3v) is 9.64. The van der Waals surface area contributed by atoms with Crippen LogP contribution in [0.5, 0.6) is 5.75 Å². The number of alkyl halides is 2. The molecular formula is C31H36F2N8O3S. The van der Waals surface area contributed by atoms with Crippen molar-refractivity contribution in [3.8, 4) is 17.0 Å². The van der Waals surface area contributed by atoms with Gasteiger partial charge in [0.15, 0.2) is 15.6 Å². The summed E-state index contributed by atoms with van der Waals surface area (Å²) >= 11 is 0. The zero-order valence-corrected chi connectivity index (χ0v) is 26.1. The molecule has 3 aromatic heterocycles. The Hall–Kier alpha value is -3.98. The van der Waals surface area contributed by atoms with Crippen LogP contribution in [0, 0.1) is 5.92 Å². The van der Waals surface area contributed by atoms with Gasteiger partial charge in [0.1, 0.15) is 11.4 Å². The van der Waals surface area contributed by atoms with Crippen LogP contribution in [0.4, 0.5) is 8.78 Å². The molecule has 1 unspecified atom stereocenters. The number of hydrogen-bond acceptors (Lipinski definition) is 9.